The third-order valence-corrected chi connectivity index (χ3v) is 2.63. The van der Waals surface area contributed by atoms with Gasteiger partial charge in [-0.05, 0) is 25.8 Å². The molecule has 0 fully saturated rings. The second kappa shape index (κ2) is 6.66. The molecule has 1 atom stereocenters. The standard InChI is InChI=1S/C12H22N2O2/c1-4-10-8-11(14(3)13-10)9-12(15)6-7-16-5-2/h8,12,15H,4-7,9H2,1-3H3. The summed E-state index contributed by atoms with van der Waals surface area (Å²) in [6, 6.07) is 2.06. The van der Waals surface area contributed by atoms with Crippen molar-refractivity contribution in [1.29, 1.82) is 0 Å². The Morgan fingerprint density at radius 3 is 2.81 bits per heavy atom. The van der Waals surface area contributed by atoms with Gasteiger partial charge in [-0.15, -0.1) is 0 Å². The van der Waals surface area contributed by atoms with Crippen LogP contribution in [-0.4, -0.2) is 34.2 Å². The summed E-state index contributed by atoms with van der Waals surface area (Å²) in [5, 5.41) is 14.2. The van der Waals surface area contributed by atoms with E-state index in [4.69, 9.17) is 4.74 Å². The van der Waals surface area contributed by atoms with Gasteiger partial charge in [-0.2, -0.15) is 5.10 Å². The van der Waals surface area contributed by atoms with E-state index in [1.165, 1.54) is 0 Å². The second-order valence-electron chi connectivity index (χ2n) is 3.95. The highest BCUT2D eigenvalue weighted by atomic mass is 16.5. The first-order valence-corrected chi connectivity index (χ1v) is 5.95. The van der Waals surface area contributed by atoms with Crippen molar-refractivity contribution in [2.24, 2.45) is 7.05 Å². The van der Waals surface area contributed by atoms with Gasteiger partial charge in [0.15, 0.2) is 0 Å². The van der Waals surface area contributed by atoms with Gasteiger partial charge in [-0.1, -0.05) is 6.92 Å². The Morgan fingerprint density at radius 1 is 1.50 bits per heavy atom. The molecule has 0 saturated carbocycles. The molecule has 0 spiro atoms. The molecular weight excluding hydrogens is 204 g/mol. The van der Waals surface area contributed by atoms with Crippen molar-refractivity contribution >= 4 is 0 Å². The van der Waals surface area contributed by atoms with Crippen LogP contribution in [0.1, 0.15) is 31.7 Å². The van der Waals surface area contributed by atoms with Crippen LogP contribution in [0.2, 0.25) is 0 Å². The number of nitrogens with zero attached hydrogens (tertiary/aromatic N) is 2. The maximum Gasteiger partial charge on any atom is 0.0624 e. The SMILES string of the molecule is CCOCCC(O)Cc1cc(CC)nn1C. The Balaban J connectivity index is 2.42. The number of hydrogen-bond donors (Lipinski definition) is 1. The van der Waals surface area contributed by atoms with Gasteiger partial charge in [0, 0.05) is 32.4 Å². The fourth-order valence-corrected chi connectivity index (χ4v) is 1.64. The molecule has 0 bridgehead atoms. The van der Waals surface area contributed by atoms with Gasteiger partial charge in [-0.25, -0.2) is 0 Å². The highest BCUT2D eigenvalue weighted by molar-refractivity contribution is 5.11. The van der Waals surface area contributed by atoms with Crippen LogP contribution in [-0.2, 0) is 24.6 Å². The number of ether oxygens (including phenoxy) is 1. The summed E-state index contributed by atoms with van der Waals surface area (Å²) >= 11 is 0. The van der Waals surface area contributed by atoms with Crippen LogP contribution in [0, 0.1) is 0 Å². The largest absolute Gasteiger partial charge is 0.393 e. The van der Waals surface area contributed by atoms with Crippen molar-refractivity contribution in [2.75, 3.05) is 13.2 Å². The molecule has 4 nitrogen and oxygen atoms in total. The maximum absolute atomic E-state index is 9.81. The third-order valence-electron chi connectivity index (χ3n) is 2.63. The van der Waals surface area contributed by atoms with E-state index < -0.39 is 0 Å². The summed E-state index contributed by atoms with van der Waals surface area (Å²) in [6.07, 6.45) is 1.92. The van der Waals surface area contributed by atoms with E-state index in [0.29, 0.717) is 26.1 Å². The van der Waals surface area contributed by atoms with Crippen LogP contribution in [0.25, 0.3) is 0 Å². The minimum absolute atomic E-state index is 0.341. The summed E-state index contributed by atoms with van der Waals surface area (Å²) in [5.41, 5.74) is 2.16. The second-order valence-corrected chi connectivity index (χ2v) is 3.95. The van der Waals surface area contributed by atoms with Gasteiger partial charge < -0.3 is 9.84 Å². The molecule has 92 valence electrons. The fourth-order valence-electron chi connectivity index (χ4n) is 1.64. The molecule has 1 unspecified atom stereocenters. The molecule has 0 saturated heterocycles. The Morgan fingerprint density at radius 2 is 2.25 bits per heavy atom. The predicted octanol–water partition coefficient (Wildman–Crippen LogP) is 1.31. The molecule has 0 radical (unpaired) electrons. The molecule has 4 heteroatoms. The van der Waals surface area contributed by atoms with E-state index in [1.54, 1.807) is 0 Å². The van der Waals surface area contributed by atoms with Crippen molar-refractivity contribution < 1.29 is 9.84 Å². The van der Waals surface area contributed by atoms with Gasteiger partial charge in [0.25, 0.3) is 0 Å². The minimum Gasteiger partial charge on any atom is -0.393 e. The molecule has 0 aliphatic heterocycles. The fraction of sp³-hybridized carbons (Fsp3) is 0.750. The summed E-state index contributed by atoms with van der Waals surface area (Å²) < 4.78 is 7.07. The Kier molecular flexibility index (Phi) is 5.49. The van der Waals surface area contributed by atoms with E-state index in [2.05, 4.69) is 18.1 Å². The normalized spacial score (nSPS) is 13.0. The van der Waals surface area contributed by atoms with Gasteiger partial charge in [0.2, 0.25) is 0 Å². The van der Waals surface area contributed by atoms with Crippen molar-refractivity contribution in [3.63, 3.8) is 0 Å². The number of rotatable bonds is 7. The molecule has 1 heterocycles. The third kappa shape index (κ3) is 3.94. The predicted molar refractivity (Wildman–Crippen MR) is 63.4 cm³/mol. The number of aliphatic hydroxyl groups is 1. The molecule has 0 aliphatic carbocycles. The topological polar surface area (TPSA) is 47.3 Å². The Hall–Kier alpha value is -0.870. The van der Waals surface area contributed by atoms with E-state index in [9.17, 15) is 5.11 Å². The van der Waals surface area contributed by atoms with Gasteiger partial charge in [-0.3, -0.25) is 4.68 Å². The van der Waals surface area contributed by atoms with E-state index in [-0.39, 0.29) is 6.10 Å². The Bertz CT molecular complexity index is 310. The van der Waals surface area contributed by atoms with Crippen LogP contribution in [0.15, 0.2) is 6.07 Å². The van der Waals surface area contributed by atoms with Gasteiger partial charge in [0.05, 0.1) is 11.8 Å². The lowest BCUT2D eigenvalue weighted by Gasteiger charge is -2.10. The zero-order chi connectivity index (χ0) is 12.0. The molecule has 1 aromatic rings. The van der Waals surface area contributed by atoms with E-state index in [1.807, 2.05) is 18.7 Å². The molecule has 1 aromatic heterocycles. The lowest BCUT2D eigenvalue weighted by Crippen LogP contribution is -2.15. The van der Waals surface area contributed by atoms with Crippen molar-refractivity contribution in [2.45, 2.75) is 39.2 Å². The van der Waals surface area contributed by atoms with E-state index >= 15 is 0 Å². The molecule has 0 aromatic carbocycles. The van der Waals surface area contributed by atoms with Gasteiger partial charge >= 0.3 is 0 Å². The van der Waals surface area contributed by atoms with E-state index in [0.717, 1.165) is 17.8 Å². The smallest absolute Gasteiger partial charge is 0.0624 e. The molecule has 1 rings (SSSR count). The number of aryl methyl sites for hydroxylation is 2. The average Bonchev–Trinajstić information content (AvgIpc) is 2.60. The average molecular weight is 226 g/mol. The first-order chi connectivity index (χ1) is 7.67. The quantitative estimate of drug-likeness (QED) is 0.713. The summed E-state index contributed by atoms with van der Waals surface area (Å²) in [7, 11) is 1.92. The van der Waals surface area contributed by atoms with Crippen molar-refractivity contribution in [1.82, 2.24) is 9.78 Å². The first kappa shape index (κ1) is 13.2. The highest BCUT2D eigenvalue weighted by Crippen LogP contribution is 2.08. The summed E-state index contributed by atoms with van der Waals surface area (Å²) in [5.74, 6) is 0. The zero-order valence-electron chi connectivity index (χ0n) is 10.4. The van der Waals surface area contributed by atoms with Crippen LogP contribution in [0.4, 0.5) is 0 Å². The number of aromatic nitrogens is 2. The summed E-state index contributed by atoms with van der Waals surface area (Å²) in [4.78, 5) is 0. The number of hydrogen-bond acceptors (Lipinski definition) is 3. The lowest BCUT2D eigenvalue weighted by molar-refractivity contribution is 0.0878. The summed E-state index contributed by atoms with van der Waals surface area (Å²) in [6.45, 7) is 5.37. The molecule has 0 aliphatic rings. The molecule has 1 N–H and O–H groups in total. The van der Waals surface area contributed by atoms with Gasteiger partial charge in [0.1, 0.15) is 0 Å². The monoisotopic (exact) mass is 226 g/mol. The minimum atomic E-state index is -0.341. The zero-order valence-corrected chi connectivity index (χ0v) is 10.4. The number of aliphatic hydroxyl groups excluding tert-OH is 1. The van der Waals surface area contributed by atoms with Crippen LogP contribution < -0.4 is 0 Å². The lowest BCUT2D eigenvalue weighted by atomic mass is 10.1. The first-order valence-electron chi connectivity index (χ1n) is 5.95. The Labute approximate surface area is 97.2 Å². The molecule has 16 heavy (non-hydrogen) atoms. The van der Waals surface area contributed by atoms with Crippen LogP contribution >= 0.6 is 0 Å². The van der Waals surface area contributed by atoms with Crippen molar-refractivity contribution in [3.8, 4) is 0 Å². The maximum atomic E-state index is 9.81. The molecule has 0 amide bonds. The van der Waals surface area contributed by atoms with Crippen molar-refractivity contribution in [3.05, 3.63) is 17.5 Å². The highest BCUT2D eigenvalue weighted by Gasteiger charge is 2.10. The van der Waals surface area contributed by atoms with Crippen LogP contribution in [0.3, 0.4) is 0 Å². The van der Waals surface area contributed by atoms with Crippen LogP contribution in [0.5, 0.6) is 0 Å². The molecular formula is C12H22N2O2.